The van der Waals surface area contributed by atoms with Crippen LogP contribution >= 0.6 is 0 Å². The van der Waals surface area contributed by atoms with Crippen LogP contribution in [0.4, 0.5) is 24.9 Å². The van der Waals surface area contributed by atoms with Crippen molar-refractivity contribution < 1.29 is 17.9 Å². The Hall–Kier alpha value is -2.65. The Balaban J connectivity index is 1.60. The third-order valence-electron chi connectivity index (χ3n) is 3.93. The van der Waals surface area contributed by atoms with Gasteiger partial charge in [-0.05, 0) is 12.8 Å². The van der Waals surface area contributed by atoms with Gasteiger partial charge >= 0.3 is 6.18 Å². The molecule has 0 unspecified atom stereocenters. The molecule has 1 fully saturated rings. The Morgan fingerprint density at radius 2 is 1.96 bits per heavy atom. The van der Waals surface area contributed by atoms with Crippen LogP contribution in [-0.4, -0.2) is 46.2 Å². The molecule has 0 saturated carbocycles. The summed E-state index contributed by atoms with van der Waals surface area (Å²) in [5, 5.41) is 3.22. The van der Waals surface area contributed by atoms with Gasteiger partial charge in [-0.2, -0.15) is 18.2 Å². The minimum Gasteiger partial charge on any atom is -0.481 e. The third kappa shape index (κ3) is 4.25. The van der Waals surface area contributed by atoms with Crippen LogP contribution in [0.25, 0.3) is 0 Å². The van der Waals surface area contributed by atoms with Crippen molar-refractivity contribution in [3.63, 3.8) is 0 Å². The maximum absolute atomic E-state index is 12.8. The second-order valence-electron chi connectivity index (χ2n) is 5.59. The Bertz CT molecular complexity index is 718. The molecule has 1 aliphatic rings. The monoisotopic (exact) mass is 354 g/mol. The van der Waals surface area contributed by atoms with E-state index in [1.807, 2.05) is 4.90 Å². The molecule has 2 aromatic heterocycles. The van der Waals surface area contributed by atoms with Gasteiger partial charge in [0.05, 0.1) is 7.11 Å². The number of nitrogens with zero attached hydrogens (tertiary/aromatic N) is 5. The first-order chi connectivity index (χ1) is 12.0. The van der Waals surface area contributed by atoms with Crippen molar-refractivity contribution in [1.29, 1.82) is 0 Å². The van der Waals surface area contributed by atoms with Crippen molar-refractivity contribution in [2.24, 2.45) is 0 Å². The van der Waals surface area contributed by atoms with Crippen LogP contribution in [0.5, 0.6) is 5.88 Å². The molecule has 0 amide bonds. The van der Waals surface area contributed by atoms with Gasteiger partial charge in [-0.15, -0.1) is 0 Å². The number of alkyl halides is 3. The molecule has 0 aromatic carbocycles. The van der Waals surface area contributed by atoms with E-state index in [-0.39, 0.29) is 6.04 Å². The van der Waals surface area contributed by atoms with Crippen LogP contribution in [-0.2, 0) is 6.18 Å². The number of piperidine rings is 1. The number of nitrogens with one attached hydrogen (secondary N) is 1. The number of halogens is 3. The predicted octanol–water partition coefficient (Wildman–Crippen LogP) is 2.37. The van der Waals surface area contributed by atoms with E-state index >= 15 is 0 Å². The van der Waals surface area contributed by atoms with Crippen LogP contribution in [0.1, 0.15) is 18.5 Å². The minimum absolute atomic E-state index is 0.132. The first kappa shape index (κ1) is 17.2. The highest BCUT2D eigenvalue weighted by Gasteiger charge is 2.33. The lowest BCUT2D eigenvalue weighted by atomic mass is 10.1. The lowest BCUT2D eigenvalue weighted by molar-refractivity contribution is -0.141. The number of ether oxygens (including phenoxy) is 1. The van der Waals surface area contributed by atoms with Gasteiger partial charge in [0.15, 0.2) is 0 Å². The van der Waals surface area contributed by atoms with Crippen molar-refractivity contribution in [2.75, 3.05) is 30.4 Å². The molecule has 1 N–H and O–H groups in total. The smallest absolute Gasteiger partial charge is 0.433 e. The summed E-state index contributed by atoms with van der Waals surface area (Å²) in [4.78, 5) is 17.4. The third-order valence-corrected chi connectivity index (χ3v) is 3.93. The van der Waals surface area contributed by atoms with Gasteiger partial charge in [-0.3, -0.25) is 0 Å². The molecule has 25 heavy (non-hydrogen) atoms. The van der Waals surface area contributed by atoms with Crippen LogP contribution < -0.4 is 15.0 Å². The SMILES string of the molecule is COc1ccnc(NC2CCN(c3cc(C(F)(F)F)ncn3)CC2)n1. The second kappa shape index (κ2) is 7.08. The topological polar surface area (TPSA) is 76.1 Å². The summed E-state index contributed by atoms with van der Waals surface area (Å²) < 4.78 is 43.3. The zero-order valence-corrected chi connectivity index (χ0v) is 13.5. The molecule has 10 heteroatoms. The summed E-state index contributed by atoms with van der Waals surface area (Å²) >= 11 is 0. The number of hydrogen-bond donors (Lipinski definition) is 1. The van der Waals surface area contributed by atoms with E-state index in [0.717, 1.165) is 25.2 Å². The highest BCUT2D eigenvalue weighted by atomic mass is 19.4. The van der Waals surface area contributed by atoms with Gasteiger partial charge < -0.3 is 15.0 Å². The quantitative estimate of drug-likeness (QED) is 0.903. The van der Waals surface area contributed by atoms with Gasteiger partial charge in [0.25, 0.3) is 0 Å². The number of rotatable bonds is 4. The standard InChI is InChI=1S/C15H17F3N6O/c1-25-13-2-5-19-14(23-13)22-10-3-6-24(7-4-10)12-8-11(15(16,17)18)20-9-21-12/h2,5,8-10H,3-4,6-7H2,1H3,(H,19,22,23). The number of aromatic nitrogens is 4. The van der Waals surface area contributed by atoms with Crippen LogP contribution in [0, 0.1) is 0 Å². The lowest BCUT2D eigenvalue weighted by Gasteiger charge is -2.33. The normalized spacial score (nSPS) is 15.9. The van der Waals surface area contributed by atoms with Gasteiger partial charge in [0.1, 0.15) is 17.8 Å². The van der Waals surface area contributed by atoms with E-state index in [1.54, 1.807) is 12.3 Å². The number of anilines is 2. The first-order valence-corrected chi connectivity index (χ1v) is 7.73. The highest BCUT2D eigenvalue weighted by Crippen LogP contribution is 2.29. The van der Waals surface area contributed by atoms with Crippen molar-refractivity contribution in [3.05, 3.63) is 30.4 Å². The largest absolute Gasteiger partial charge is 0.481 e. The summed E-state index contributed by atoms with van der Waals surface area (Å²) in [6.45, 7) is 1.16. The fourth-order valence-electron chi connectivity index (χ4n) is 2.64. The van der Waals surface area contributed by atoms with E-state index in [1.165, 1.54) is 7.11 Å². The zero-order chi connectivity index (χ0) is 17.9. The molecule has 3 heterocycles. The summed E-state index contributed by atoms with van der Waals surface area (Å²) in [6, 6.07) is 2.77. The first-order valence-electron chi connectivity index (χ1n) is 7.73. The molecular formula is C15H17F3N6O. The van der Waals surface area contributed by atoms with Crippen LogP contribution in [0.3, 0.4) is 0 Å². The van der Waals surface area contributed by atoms with Gasteiger partial charge in [0.2, 0.25) is 11.8 Å². The van der Waals surface area contributed by atoms with E-state index in [9.17, 15) is 13.2 Å². The van der Waals surface area contributed by atoms with Crippen molar-refractivity contribution in [3.8, 4) is 5.88 Å². The Morgan fingerprint density at radius 1 is 1.20 bits per heavy atom. The van der Waals surface area contributed by atoms with Crippen molar-refractivity contribution in [1.82, 2.24) is 19.9 Å². The second-order valence-corrected chi connectivity index (χ2v) is 5.59. The molecule has 134 valence electrons. The molecule has 0 aliphatic carbocycles. The van der Waals surface area contributed by atoms with E-state index in [2.05, 4.69) is 25.3 Å². The molecule has 0 bridgehead atoms. The number of hydrogen-bond acceptors (Lipinski definition) is 7. The molecule has 1 aliphatic heterocycles. The summed E-state index contributed by atoms with van der Waals surface area (Å²) in [5.74, 6) is 1.23. The summed E-state index contributed by atoms with van der Waals surface area (Å²) in [5.41, 5.74) is -0.928. The minimum atomic E-state index is -4.47. The summed E-state index contributed by atoms with van der Waals surface area (Å²) in [7, 11) is 1.53. The van der Waals surface area contributed by atoms with Gasteiger partial charge in [-0.25, -0.2) is 15.0 Å². The Morgan fingerprint density at radius 3 is 2.64 bits per heavy atom. The average molecular weight is 354 g/mol. The fraction of sp³-hybridized carbons (Fsp3) is 0.467. The van der Waals surface area contributed by atoms with Crippen LogP contribution in [0.15, 0.2) is 24.7 Å². The number of methoxy groups -OCH3 is 1. The molecule has 0 spiro atoms. The van der Waals surface area contributed by atoms with E-state index in [4.69, 9.17) is 4.74 Å². The molecule has 2 aromatic rings. The van der Waals surface area contributed by atoms with E-state index < -0.39 is 11.9 Å². The predicted molar refractivity (Wildman–Crippen MR) is 84.5 cm³/mol. The van der Waals surface area contributed by atoms with Gasteiger partial charge in [0, 0.05) is 37.5 Å². The molecule has 7 nitrogen and oxygen atoms in total. The molecule has 0 atom stereocenters. The molecular weight excluding hydrogens is 337 g/mol. The van der Waals surface area contributed by atoms with Gasteiger partial charge in [-0.1, -0.05) is 0 Å². The molecule has 0 radical (unpaired) electrons. The van der Waals surface area contributed by atoms with E-state index in [0.29, 0.717) is 30.7 Å². The summed E-state index contributed by atoms with van der Waals surface area (Å²) in [6.07, 6.45) is -0.464. The average Bonchev–Trinajstić information content (AvgIpc) is 2.62. The maximum Gasteiger partial charge on any atom is 0.433 e. The molecule has 3 rings (SSSR count). The Kier molecular flexibility index (Phi) is 4.86. The van der Waals surface area contributed by atoms with Crippen molar-refractivity contribution >= 4 is 11.8 Å². The molecule has 1 saturated heterocycles. The maximum atomic E-state index is 12.8. The zero-order valence-electron chi connectivity index (χ0n) is 13.5. The fourth-order valence-corrected chi connectivity index (χ4v) is 2.64. The lowest BCUT2D eigenvalue weighted by Crippen LogP contribution is -2.40. The Labute approximate surface area is 142 Å². The van der Waals surface area contributed by atoms with Crippen LogP contribution in [0.2, 0.25) is 0 Å². The highest BCUT2D eigenvalue weighted by molar-refractivity contribution is 5.40. The van der Waals surface area contributed by atoms with Crippen molar-refractivity contribution in [2.45, 2.75) is 25.1 Å².